The maximum Gasteiger partial charge on any atom is 0.0389 e. The summed E-state index contributed by atoms with van der Waals surface area (Å²) < 4.78 is 0. The van der Waals surface area contributed by atoms with Crippen molar-refractivity contribution in [3.05, 3.63) is 32.8 Å². The van der Waals surface area contributed by atoms with E-state index in [0.717, 1.165) is 0 Å². The molecule has 0 unspecified atom stereocenters. The summed E-state index contributed by atoms with van der Waals surface area (Å²) in [5.41, 5.74) is 3.08. The van der Waals surface area contributed by atoms with Crippen molar-refractivity contribution in [3.8, 4) is 10.4 Å². The first-order valence-electron chi connectivity index (χ1n) is 5.57. The average Bonchev–Trinajstić information content (AvgIpc) is 2.84. The van der Waals surface area contributed by atoms with E-state index in [2.05, 4.69) is 24.4 Å². The van der Waals surface area contributed by atoms with E-state index in [-0.39, 0.29) is 0 Å². The van der Waals surface area contributed by atoms with Gasteiger partial charge in [0, 0.05) is 26.6 Å². The molecule has 0 amide bonds. The van der Waals surface area contributed by atoms with E-state index in [1.54, 1.807) is 15.3 Å². The van der Waals surface area contributed by atoms with Crippen molar-refractivity contribution in [1.29, 1.82) is 0 Å². The summed E-state index contributed by atoms with van der Waals surface area (Å²) in [7, 11) is 0. The molecule has 0 aromatic carbocycles. The van der Waals surface area contributed by atoms with Gasteiger partial charge in [-0.2, -0.15) is 0 Å². The van der Waals surface area contributed by atoms with E-state index in [1.165, 1.54) is 36.1 Å². The minimum Gasteiger partial charge on any atom is -0.144 e. The lowest BCUT2D eigenvalue weighted by Crippen LogP contribution is -1.78. The molecule has 1 aliphatic carbocycles. The summed E-state index contributed by atoms with van der Waals surface area (Å²) >= 11 is 3.93. The fourth-order valence-electron chi connectivity index (χ4n) is 2.17. The van der Waals surface area contributed by atoms with Gasteiger partial charge in [0.05, 0.1) is 0 Å². The zero-order chi connectivity index (χ0) is 10.3. The molecule has 0 nitrogen and oxygen atoms in total. The lowest BCUT2D eigenvalue weighted by molar-refractivity contribution is 0.804. The lowest BCUT2D eigenvalue weighted by atomic mass is 10.2. The van der Waals surface area contributed by atoms with E-state index in [0.29, 0.717) is 0 Å². The monoisotopic (exact) mass is 234 g/mol. The van der Waals surface area contributed by atoms with Crippen molar-refractivity contribution >= 4 is 22.7 Å². The summed E-state index contributed by atoms with van der Waals surface area (Å²) in [5.74, 6) is 0. The highest BCUT2D eigenvalue weighted by molar-refractivity contribution is 7.16. The van der Waals surface area contributed by atoms with Crippen LogP contribution in [0.5, 0.6) is 0 Å². The highest BCUT2D eigenvalue weighted by Crippen LogP contribution is 2.44. The zero-order valence-corrected chi connectivity index (χ0v) is 10.5. The van der Waals surface area contributed by atoms with Gasteiger partial charge in [0.25, 0.3) is 0 Å². The maximum atomic E-state index is 2.43. The Bertz CT molecular complexity index is 476. The number of hydrogen-bond acceptors (Lipinski definition) is 2. The first-order valence-corrected chi connectivity index (χ1v) is 7.26. The molecule has 15 heavy (non-hydrogen) atoms. The van der Waals surface area contributed by atoms with E-state index in [1.807, 2.05) is 22.7 Å². The highest BCUT2D eigenvalue weighted by Gasteiger charge is 2.22. The van der Waals surface area contributed by atoms with Crippen LogP contribution >= 0.6 is 22.7 Å². The molecule has 0 bridgehead atoms. The third-order valence-corrected chi connectivity index (χ3v) is 5.16. The molecular weight excluding hydrogens is 220 g/mol. The van der Waals surface area contributed by atoms with Gasteiger partial charge in [0.15, 0.2) is 0 Å². The Morgan fingerprint density at radius 3 is 3.20 bits per heavy atom. The molecular formula is C13H14S2. The molecule has 0 atom stereocenters. The second-order valence-corrected chi connectivity index (χ2v) is 6.24. The maximum absolute atomic E-state index is 2.43. The lowest BCUT2D eigenvalue weighted by Gasteiger charge is -1.94. The first-order chi connectivity index (χ1) is 7.38. The largest absolute Gasteiger partial charge is 0.144 e. The Morgan fingerprint density at radius 1 is 1.40 bits per heavy atom. The molecule has 0 radical (unpaired) electrons. The van der Waals surface area contributed by atoms with Crippen molar-refractivity contribution in [2.24, 2.45) is 0 Å². The van der Waals surface area contributed by atoms with Crippen molar-refractivity contribution in [3.63, 3.8) is 0 Å². The quantitative estimate of drug-likeness (QED) is 0.615. The van der Waals surface area contributed by atoms with Crippen LogP contribution in [0, 0.1) is 0 Å². The number of thiophene rings is 2. The van der Waals surface area contributed by atoms with Gasteiger partial charge < -0.3 is 0 Å². The van der Waals surface area contributed by atoms with E-state index < -0.39 is 0 Å². The van der Waals surface area contributed by atoms with Gasteiger partial charge in [0.1, 0.15) is 0 Å². The zero-order valence-electron chi connectivity index (χ0n) is 8.88. The van der Waals surface area contributed by atoms with Gasteiger partial charge in [-0.25, -0.2) is 0 Å². The number of rotatable bonds is 3. The highest BCUT2D eigenvalue weighted by atomic mass is 32.1. The molecule has 0 N–H and O–H groups in total. The molecule has 1 aliphatic rings. The van der Waals surface area contributed by atoms with Crippen LogP contribution in [-0.2, 0) is 12.8 Å². The predicted molar refractivity (Wildman–Crippen MR) is 69.1 cm³/mol. The van der Waals surface area contributed by atoms with Crippen LogP contribution in [0.1, 0.15) is 35.1 Å². The van der Waals surface area contributed by atoms with Crippen LogP contribution in [0.4, 0.5) is 0 Å². The summed E-state index contributed by atoms with van der Waals surface area (Å²) in [5, 5.41) is 2.22. The number of fused-ring (bicyclic) bond motifs is 3. The Kier molecular flexibility index (Phi) is 2.41. The Balaban J connectivity index is 1.92. The smallest absolute Gasteiger partial charge is 0.0389 e. The molecule has 2 aromatic rings. The van der Waals surface area contributed by atoms with Gasteiger partial charge in [-0.15, -0.1) is 22.7 Å². The fraction of sp³-hybridized carbons (Fsp3) is 0.385. The van der Waals surface area contributed by atoms with Crippen molar-refractivity contribution in [2.45, 2.75) is 32.6 Å². The van der Waals surface area contributed by atoms with Gasteiger partial charge in [0.2, 0.25) is 0 Å². The van der Waals surface area contributed by atoms with Gasteiger partial charge >= 0.3 is 0 Å². The Labute approximate surface area is 98.6 Å². The minimum atomic E-state index is 1.19. The molecule has 0 spiro atoms. The Hall–Kier alpha value is -0.600. The summed E-state index contributed by atoms with van der Waals surface area (Å²) in [6, 6.07) is 4.70. The fourth-order valence-corrected chi connectivity index (χ4v) is 4.44. The van der Waals surface area contributed by atoms with Crippen LogP contribution in [0.3, 0.4) is 0 Å². The van der Waals surface area contributed by atoms with Crippen LogP contribution < -0.4 is 0 Å². The predicted octanol–water partition coefficient (Wildman–Crippen LogP) is 4.72. The van der Waals surface area contributed by atoms with Gasteiger partial charge in [-0.3, -0.25) is 0 Å². The number of aryl methyl sites for hydroxylation is 1. The van der Waals surface area contributed by atoms with E-state index in [9.17, 15) is 0 Å². The summed E-state index contributed by atoms with van der Waals surface area (Å²) in [6.07, 6.45) is 5.09. The first kappa shape index (κ1) is 9.61. The molecule has 78 valence electrons. The molecule has 0 aliphatic heterocycles. The second-order valence-electron chi connectivity index (χ2n) is 4.10. The third kappa shape index (κ3) is 1.56. The normalized spacial score (nSPS) is 12.9. The van der Waals surface area contributed by atoms with Crippen LogP contribution in [0.15, 0.2) is 17.5 Å². The molecule has 0 saturated heterocycles. The number of hydrogen-bond donors (Lipinski definition) is 0. The molecule has 2 aromatic heterocycles. The SMILES string of the molecule is CCCCc1cc2c(s1)Cc1ccsc1-2. The summed E-state index contributed by atoms with van der Waals surface area (Å²) in [4.78, 5) is 4.72. The van der Waals surface area contributed by atoms with Crippen LogP contribution in [0.2, 0.25) is 0 Å². The molecule has 2 heterocycles. The topological polar surface area (TPSA) is 0 Å². The third-order valence-electron chi connectivity index (χ3n) is 2.98. The average molecular weight is 234 g/mol. The van der Waals surface area contributed by atoms with Crippen molar-refractivity contribution < 1.29 is 0 Å². The Morgan fingerprint density at radius 2 is 2.33 bits per heavy atom. The van der Waals surface area contributed by atoms with Crippen molar-refractivity contribution in [1.82, 2.24) is 0 Å². The van der Waals surface area contributed by atoms with Gasteiger partial charge in [-0.1, -0.05) is 13.3 Å². The summed E-state index contributed by atoms with van der Waals surface area (Å²) in [6.45, 7) is 2.26. The second kappa shape index (κ2) is 3.76. The standard InChI is InChI=1S/C13H14S2/c1-2-3-4-10-8-11-12(15-10)7-9-5-6-14-13(9)11/h5-6,8H,2-4,7H2,1H3. The minimum absolute atomic E-state index is 1.19. The molecule has 3 rings (SSSR count). The molecule has 2 heteroatoms. The van der Waals surface area contributed by atoms with E-state index in [4.69, 9.17) is 0 Å². The van der Waals surface area contributed by atoms with E-state index >= 15 is 0 Å². The number of unbranched alkanes of at least 4 members (excludes halogenated alkanes) is 1. The van der Waals surface area contributed by atoms with Crippen LogP contribution in [-0.4, -0.2) is 0 Å². The van der Waals surface area contributed by atoms with Crippen molar-refractivity contribution in [2.75, 3.05) is 0 Å². The molecule has 0 fully saturated rings. The van der Waals surface area contributed by atoms with Gasteiger partial charge in [-0.05, 0) is 35.9 Å². The molecule has 0 saturated carbocycles. The van der Waals surface area contributed by atoms with Crippen LogP contribution in [0.25, 0.3) is 10.4 Å².